The van der Waals surface area contributed by atoms with Gasteiger partial charge in [-0.3, -0.25) is 9.59 Å². The fourth-order valence-corrected chi connectivity index (χ4v) is 2.90. The van der Waals surface area contributed by atoms with Crippen molar-refractivity contribution in [3.8, 4) is 0 Å². The second-order valence-electron chi connectivity index (χ2n) is 6.06. The Bertz CT molecular complexity index is 809. The normalized spacial score (nSPS) is 11.7. The molecule has 0 bridgehead atoms. The summed E-state index contributed by atoms with van der Waals surface area (Å²) in [6, 6.07) is 9.29. The first-order chi connectivity index (χ1) is 12.8. The van der Waals surface area contributed by atoms with Gasteiger partial charge in [0.05, 0.1) is 6.42 Å². The second-order valence-corrected chi connectivity index (χ2v) is 6.47. The van der Waals surface area contributed by atoms with Crippen molar-refractivity contribution in [2.75, 3.05) is 6.54 Å². The molecule has 0 radical (unpaired) electrons. The lowest BCUT2D eigenvalue weighted by Gasteiger charge is -2.29. The van der Waals surface area contributed by atoms with E-state index in [1.165, 1.54) is 41.3 Å². The molecule has 0 aliphatic carbocycles. The van der Waals surface area contributed by atoms with Crippen LogP contribution >= 0.6 is 11.6 Å². The van der Waals surface area contributed by atoms with Crippen molar-refractivity contribution in [2.45, 2.75) is 32.9 Å². The molecular weight excluding hydrogens is 374 g/mol. The van der Waals surface area contributed by atoms with E-state index < -0.39 is 23.6 Å². The molecule has 2 amide bonds. The van der Waals surface area contributed by atoms with E-state index in [0.717, 1.165) is 0 Å². The fraction of sp³-hybridized carbons (Fsp3) is 0.300. The lowest BCUT2D eigenvalue weighted by atomic mass is 10.1. The highest BCUT2D eigenvalue weighted by molar-refractivity contribution is 6.31. The Morgan fingerprint density at radius 3 is 2.41 bits per heavy atom. The topological polar surface area (TPSA) is 49.4 Å². The third-order valence-corrected chi connectivity index (χ3v) is 4.56. The Morgan fingerprint density at radius 1 is 1.11 bits per heavy atom. The molecule has 0 spiro atoms. The number of hydrogen-bond donors (Lipinski definition) is 1. The molecule has 0 saturated carbocycles. The first-order valence-electron chi connectivity index (χ1n) is 8.58. The highest BCUT2D eigenvalue weighted by Crippen LogP contribution is 2.21. The van der Waals surface area contributed by atoms with Gasteiger partial charge in [-0.15, -0.1) is 0 Å². The van der Waals surface area contributed by atoms with Crippen LogP contribution in [-0.2, 0) is 22.6 Å². The van der Waals surface area contributed by atoms with Gasteiger partial charge in [0, 0.05) is 29.2 Å². The van der Waals surface area contributed by atoms with Crippen molar-refractivity contribution < 1.29 is 18.4 Å². The van der Waals surface area contributed by atoms with Crippen LogP contribution in [0.5, 0.6) is 0 Å². The van der Waals surface area contributed by atoms with E-state index in [9.17, 15) is 18.4 Å². The van der Waals surface area contributed by atoms with Crippen molar-refractivity contribution in [3.63, 3.8) is 0 Å². The van der Waals surface area contributed by atoms with Crippen LogP contribution in [0.3, 0.4) is 0 Å². The van der Waals surface area contributed by atoms with Gasteiger partial charge < -0.3 is 10.2 Å². The van der Waals surface area contributed by atoms with Crippen LogP contribution in [0.25, 0.3) is 0 Å². The minimum atomic E-state index is -0.859. The third-order valence-electron chi connectivity index (χ3n) is 4.21. The minimum Gasteiger partial charge on any atom is -0.355 e. The number of nitrogens with one attached hydrogen (secondary N) is 1. The van der Waals surface area contributed by atoms with Gasteiger partial charge in [0.2, 0.25) is 11.8 Å². The Balaban J connectivity index is 2.31. The van der Waals surface area contributed by atoms with E-state index in [0.29, 0.717) is 6.54 Å². The number of amides is 2. The molecule has 0 aromatic heterocycles. The molecule has 2 aromatic carbocycles. The smallest absolute Gasteiger partial charge is 0.242 e. The molecule has 0 aliphatic heterocycles. The van der Waals surface area contributed by atoms with Gasteiger partial charge in [-0.1, -0.05) is 35.9 Å². The summed E-state index contributed by atoms with van der Waals surface area (Å²) < 4.78 is 28.1. The Kier molecular flexibility index (Phi) is 7.30. The summed E-state index contributed by atoms with van der Waals surface area (Å²) in [5.41, 5.74) is 0.312. The van der Waals surface area contributed by atoms with Gasteiger partial charge >= 0.3 is 0 Å². The molecular formula is C20H21ClF2N2O2. The maximum absolute atomic E-state index is 14.1. The first-order valence-corrected chi connectivity index (χ1v) is 8.96. The van der Waals surface area contributed by atoms with Crippen molar-refractivity contribution in [1.82, 2.24) is 10.2 Å². The summed E-state index contributed by atoms with van der Waals surface area (Å²) in [5, 5.41) is 2.77. The molecule has 7 heteroatoms. The summed E-state index contributed by atoms with van der Waals surface area (Å²) in [4.78, 5) is 26.4. The summed E-state index contributed by atoms with van der Waals surface area (Å²) in [6.07, 6.45) is -0.330. The number of nitrogens with zero attached hydrogens (tertiary/aromatic N) is 1. The number of halogens is 3. The molecule has 1 N–H and O–H groups in total. The lowest BCUT2D eigenvalue weighted by molar-refractivity contribution is -0.140. The van der Waals surface area contributed by atoms with Crippen LogP contribution in [0.15, 0.2) is 42.5 Å². The number of likely N-dealkylation sites (N-methyl/N-ethyl adjacent to an activating group) is 1. The molecule has 1 atom stereocenters. The molecule has 27 heavy (non-hydrogen) atoms. The highest BCUT2D eigenvalue weighted by Gasteiger charge is 2.27. The van der Waals surface area contributed by atoms with Crippen molar-refractivity contribution in [2.24, 2.45) is 0 Å². The zero-order valence-electron chi connectivity index (χ0n) is 15.1. The highest BCUT2D eigenvalue weighted by atomic mass is 35.5. The maximum atomic E-state index is 14.1. The van der Waals surface area contributed by atoms with Crippen LogP contribution in [0, 0.1) is 11.6 Å². The van der Waals surface area contributed by atoms with Crippen molar-refractivity contribution in [1.29, 1.82) is 0 Å². The number of carbonyl (C=O) groups is 2. The number of carbonyl (C=O) groups excluding carboxylic acids is 2. The van der Waals surface area contributed by atoms with Crippen molar-refractivity contribution in [3.05, 3.63) is 70.2 Å². The largest absolute Gasteiger partial charge is 0.355 e. The van der Waals surface area contributed by atoms with Crippen LogP contribution < -0.4 is 5.32 Å². The van der Waals surface area contributed by atoms with E-state index in [1.54, 1.807) is 19.9 Å². The number of hydrogen-bond acceptors (Lipinski definition) is 2. The Morgan fingerprint density at radius 2 is 1.78 bits per heavy atom. The Hall–Kier alpha value is -2.47. The van der Waals surface area contributed by atoms with Gasteiger partial charge in [0.1, 0.15) is 17.7 Å². The predicted molar refractivity (Wildman–Crippen MR) is 100 cm³/mol. The molecule has 2 aromatic rings. The standard InChI is InChI=1S/C20H21ClF2N2O2/c1-3-24-20(27)13(2)25(12-14-7-4-5-9-17(14)22)19(26)11-15-16(21)8-6-10-18(15)23/h4-10,13H,3,11-12H2,1-2H3,(H,24,27)/t13-/m0/s1. The molecule has 2 rings (SSSR count). The van der Waals surface area contributed by atoms with Gasteiger partial charge in [0.15, 0.2) is 0 Å². The average Bonchev–Trinajstić information content (AvgIpc) is 2.63. The quantitative estimate of drug-likeness (QED) is 0.778. The van der Waals surface area contributed by atoms with E-state index in [4.69, 9.17) is 11.6 Å². The molecule has 144 valence electrons. The molecule has 0 heterocycles. The summed E-state index contributed by atoms with van der Waals surface area (Å²) in [6.45, 7) is 3.58. The molecule has 0 aliphatic rings. The monoisotopic (exact) mass is 394 g/mol. The molecule has 0 saturated heterocycles. The van der Waals surface area contributed by atoms with E-state index in [1.807, 2.05) is 0 Å². The lowest BCUT2D eigenvalue weighted by Crippen LogP contribution is -2.48. The third kappa shape index (κ3) is 5.26. The van der Waals surface area contributed by atoms with Crippen LogP contribution in [0.1, 0.15) is 25.0 Å². The second kappa shape index (κ2) is 9.46. The SMILES string of the molecule is CCNC(=O)[C@H](C)N(Cc1ccccc1F)C(=O)Cc1c(F)cccc1Cl. The fourth-order valence-electron chi connectivity index (χ4n) is 2.67. The van der Waals surface area contributed by atoms with E-state index in [-0.39, 0.29) is 35.0 Å². The minimum absolute atomic E-state index is 0.0470. The average molecular weight is 395 g/mol. The molecule has 4 nitrogen and oxygen atoms in total. The Labute approximate surface area is 162 Å². The van der Waals surface area contributed by atoms with Crippen molar-refractivity contribution >= 4 is 23.4 Å². The molecule has 0 unspecified atom stereocenters. The summed E-state index contributed by atoms with van der Waals surface area (Å²) in [7, 11) is 0. The molecule has 0 fully saturated rings. The van der Waals surface area contributed by atoms with Crippen LogP contribution in [-0.4, -0.2) is 29.3 Å². The summed E-state index contributed by atoms with van der Waals surface area (Å²) >= 11 is 6.01. The number of benzene rings is 2. The number of rotatable bonds is 7. The first kappa shape index (κ1) is 20.8. The zero-order chi connectivity index (χ0) is 20.0. The van der Waals surface area contributed by atoms with Gasteiger partial charge in [-0.2, -0.15) is 0 Å². The van der Waals surface area contributed by atoms with Crippen LogP contribution in [0.2, 0.25) is 5.02 Å². The maximum Gasteiger partial charge on any atom is 0.242 e. The van der Waals surface area contributed by atoms with Gasteiger partial charge in [0.25, 0.3) is 0 Å². The van der Waals surface area contributed by atoms with E-state index >= 15 is 0 Å². The van der Waals surface area contributed by atoms with Crippen LogP contribution in [0.4, 0.5) is 8.78 Å². The van der Waals surface area contributed by atoms with Gasteiger partial charge in [-0.25, -0.2) is 8.78 Å². The zero-order valence-corrected chi connectivity index (χ0v) is 15.9. The van der Waals surface area contributed by atoms with Gasteiger partial charge in [-0.05, 0) is 32.0 Å². The van der Waals surface area contributed by atoms with E-state index in [2.05, 4.69) is 5.32 Å². The predicted octanol–water partition coefficient (Wildman–Crippen LogP) is 3.71. The summed E-state index contributed by atoms with van der Waals surface area (Å²) in [5.74, 6) is -1.99.